The van der Waals surface area contributed by atoms with Crippen molar-refractivity contribution >= 4 is 11.7 Å². The smallest absolute Gasteiger partial charge is 0.282 e. The van der Waals surface area contributed by atoms with Gasteiger partial charge in [-0.05, 0) is 84.8 Å². The topological polar surface area (TPSA) is 77.9 Å². The summed E-state index contributed by atoms with van der Waals surface area (Å²) in [6.07, 6.45) is 6.24. The third kappa shape index (κ3) is 7.33. The van der Waals surface area contributed by atoms with Crippen LogP contribution in [0.3, 0.4) is 0 Å². The summed E-state index contributed by atoms with van der Waals surface area (Å²) in [6, 6.07) is 4.58. The summed E-state index contributed by atoms with van der Waals surface area (Å²) in [5.41, 5.74) is 0.393. The van der Waals surface area contributed by atoms with Gasteiger partial charge in [-0.25, -0.2) is 9.37 Å². The Labute approximate surface area is 245 Å². The van der Waals surface area contributed by atoms with Crippen LogP contribution in [0.4, 0.5) is 10.2 Å². The number of unbranched alkanes of at least 4 members (excludes halogenated alkanes) is 1. The van der Waals surface area contributed by atoms with Crippen molar-refractivity contribution in [2.24, 2.45) is 11.3 Å². The van der Waals surface area contributed by atoms with Crippen LogP contribution in [0.2, 0.25) is 0 Å². The minimum absolute atomic E-state index is 0.0338. The number of carbonyl (C=O) groups is 1. The van der Waals surface area contributed by atoms with E-state index >= 15 is 0 Å². The molecule has 0 bridgehead atoms. The van der Waals surface area contributed by atoms with Crippen LogP contribution in [-0.4, -0.2) is 101 Å². The normalized spacial score (nSPS) is 17.5. The van der Waals surface area contributed by atoms with Crippen LogP contribution < -0.4 is 9.64 Å². The van der Waals surface area contributed by atoms with E-state index in [0.717, 1.165) is 39.1 Å². The van der Waals surface area contributed by atoms with Crippen LogP contribution in [0.5, 0.6) is 11.6 Å². The molecule has 0 radical (unpaired) electrons. The van der Waals surface area contributed by atoms with Crippen LogP contribution in [0.15, 0.2) is 24.5 Å². The molecule has 2 aliphatic rings. The Balaban J connectivity index is 1.45. The van der Waals surface area contributed by atoms with Gasteiger partial charge in [0.15, 0.2) is 5.82 Å². The molecule has 2 aliphatic heterocycles. The van der Waals surface area contributed by atoms with Crippen molar-refractivity contribution in [3.8, 4) is 11.6 Å². The molecule has 1 spiro atoms. The molecule has 4 rings (SSSR count). The summed E-state index contributed by atoms with van der Waals surface area (Å²) < 4.78 is 20.4. The van der Waals surface area contributed by atoms with Gasteiger partial charge >= 0.3 is 0 Å². The predicted octanol–water partition coefficient (Wildman–Crippen LogP) is 4.94. The fourth-order valence-electron chi connectivity index (χ4n) is 6.45. The second-order valence-electron chi connectivity index (χ2n) is 12.7. The second-order valence-corrected chi connectivity index (χ2v) is 12.7. The Bertz CT molecular complexity index is 1170. The van der Waals surface area contributed by atoms with Crippen LogP contribution >= 0.6 is 0 Å². The molecule has 1 amide bonds. The lowest BCUT2D eigenvalue weighted by molar-refractivity contribution is -0.0341. The molecule has 0 N–H and O–H groups in total. The van der Waals surface area contributed by atoms with E-state index in [1.165, 1.54) is 43.8 Å². The lowest BCUT2D eigenvalue weighted by atomic mass is 9.76. The van der Waals surface area contributed by atoms with Gasteiger partial charge in [-0.2, -0.15) is 0 Å². The van der Waals surface area contributed by atoms with Gasteiger partial charge in [0.25, 0.3) is 11.8 Å². The molecule has 0 saturated carbocycles. The van der Waals surface area contributed by atoms with Gasteiger partial charge in [0.2, 0.25) is 0 Å². The summed E-state index contributed by atoms with van der Waals surface area (Å²) in [5, 5.41) is 8.21. The number of anilines is 1. The van der Waals surface area contributed by atoms with Gasteiger partial charge in [0, 0.05) is 50.2 Å². The predicted molar refractivity (Wildman–Crippen MR) is 160 cm³/mol. The van der Waals surface area contributed by atoms with Crippen molar-refractivity contribution in [2.75, 3.05) is 58.3 Å². The minimum Gasteiger partial charge on any atom is -0.434 e. The Morgan fingerprint density at radius 1 is 1.15 bits per heavy atom. The first-order valence-corrected chi connectivity index (χ1v) is 15.1. The summed E-state index contributed by atoms with van der Waals surface area (Å²) in [5.74, 6) is 0.935. The maximum atomic E-state index is 14.2. The maximum absolute atomic E-state index is 14.2. The highest BCUT2D eigenvalue weighted by atomic mass is 19.1. The van der Waals surface area contributed by atoms with Crippen molar-refractivity contribution in [1.29, 1.82) is 0 Å². The number of aromatic nitrogens is 3. The van der Waals surface area contributed by atoms with E-state index in [1.807, 2.05) is 20.8 Å². The fraction of sp³-hybridized carbons (Fsp3) is 0.677. The molecular weight excluding hydrogens is 521 g/mol. The summed E-state index contributed by atoms with van der Waals surface area (Å²) in [4.78, 5) is 26.7. The summed E-state index contributed by atoms with van der Waals surface area (Å²) >= 11 is 0. The molecule has 2 aromatic rings. The molecule has 2 fully saturated rings. The standard InChI is InChI=1S/C31H48FN7O2/c1-8-39(23(4)5)30(40)25-17-24(32)12-13-27(25)41-29-28(33-21-34-35-29)37-16-14-31(18-37)19-38(20-31)26(22(2)3)11-9-10-15-36(6)7/h12-13,17,21-23,26H,8-11,14-16,18-20H2,1-7H3/t26-/m0/s1. The first-order chi connectivity index (χ1) is 19.5. The quantitative estimate of drug-likeness (QED) is 0.314. The van der Waals surface area contributed by atoms with E-state index in [-0.39, 0.29) is 34.6 Å². The zero-order valence-electron chi connectivity index (χ0n) is 25.9. The average molecular weight is 570 g/mol. The van der Waals surface area contributed by atoms with E-state index in [4.69, 9.17) is 4.74 Å². The number of amides is 1. The van der Waals surface area contributed by atoms with Crippen molar-refractivity contribution in [3.05, 3.63) is 35.9 Å². The molecule has 0 unspecified atom stereocenters. The number of hydrogen-bond donors (Lipinski definition) is 0. The lowest BCUT2D eigenvalue weighted by Crippen LogP contribution is -2.61. The fourth-order valence-corrected chi connectivity index (χ4v) is 6.45. The van der Waals surface area contributed by atoms with Crippen LogP contribution in [0.1, 0.15) is 70.7 Å². The first-order valence-electron chi connectivity index (χ1n) is 15.1. The summed E-state index contributed by atoms with van der Waals surface area (Å²) in [7, 11) is 4.28. The zero-order valence-corrected chi connectivity index (χ0v) is 25.9. The molecular formula is C31H48FN7O2. The Kier molecular flexibility index (Phi) is 10.2. The largest absolute Gasteiger partial charge is 0.434 e. The van der Waals surface area contributed by atoms with Crippen LogP contribution in [0, 0.1) is 17.2 Å². The molecule has 2 saturated heterocycles. The van der Waals surface area contributed by atoms with Crippen molar-refractivity contribution < 1.29 is 13.9 Å². The highest BCUT2D eigenvalue weighted by Crippen LogP contribution is 2.44. The maximum Gasteiger partial charge on any atom is 0.282 e. The molecule has 3 heterocycles. The van der Waals surface area contributed by atoms with Gasteiger partial charge in [0.05, 0.1) is 5.56 Å². The van der Waals surface area contributed by atoms with Crippen molar-refractivity contribution in [1.82, 2.24) is 29.9 Å². The number of nitrogens with zero attached hydrogens (tertiary/aromatic N) is 7. The third-order valence-electron chi connectivity index (χ3n) is 8.58. The number of halogens is 1. The molecule has 41 heavy (non-hydrogen) atoms. The number of hydrogen-bond acceptors (Lipinski definition) is 8. The molecule has 1 aromatic heterocycles. The number of ether oxygens (including phenoxy) is 1. The molecule has 9 nitrogen and oxygen atoms in total. The zero-order chi connectivity index (χ0) is 29.7. The van der Waals surface area contributed by atoms with E-state index in [9.17, 15) is 9.18 Å². The van der Waals surface area contributed by atoms with Crippen LogP contribution in [0.25, 0.3) is 0 Å². The SMILES string of the molecule is CCN(C(=O)c1cc(F)ccc1Oc1nncnc1N1CCC2(C1)CN([C@@H](CCCCN(C)C)C(C)C)C2)C(C)C. The van der Waals surface area contributed by atoms with Gasteiger partial charge in [-0.3, -0.25) is 9.69 Å². The first kappa shape index (κ1) is 31.1. The van der Waals surface area contributed by atoms with Gasteiger partial charge in [-0.1, -0.05) is 20.3 Å². The van der Waals surface area contributed by atoms with Crippen molar-refractivity contribution in [3.63, 3.8) is 0 Å². The second kappa shape index (κ2) is 13.4. The number of benzene rings is 1. The number of carbonyl (C=O) groups excluding carboxylic acids is 1. The molecule has 1 atom stereocenters. The Morgan fingerprint density at radius 3 is 2.56 bits per heavy atom. The average Bonchev–Trinajstić information content (AvgIpc) is 3.35. The highest BCUT2D eigenvalue weighted by molar-refractivity contribution is 5.97. The lowest BCUT2D eigenvalue weighted by Gasteiger charge is -2.53. The third-order valence-corrected chi connectivity index (χ3v) is 8.58. The van der Waals surface area contributed by atoms with E-state index in [2.05, 4.69) is 57.8 Å². The minimum atomic E-state index is -0.494. The summed E-state index contributed by atoms with van der Waals surface area (Å²) in [6.45, 7) is 16.0. The van der Waals surface area contributed by atoms with Gasteiger partial charge in [0.1, 0.15) is 17.9 Å². The van der Waals surface area contributed by atoms with Gasteiger partial charge < -0.3 is 19.4 Å². The van der Waals surface area contributed by atoms with Crippen molar-refractivity contribution in [2.45, 2.75) is 72.4 Å². The molecule has 226 valence electrons. The molecule has 0 aliphatic carbocycles. The van der Waals surface area contributed by atoms with E-state index in [1.54, 1.807) is 4.90 Å². The molecule has 1 aromatic carbocycles. The Hall–Kier alpha value is -2.85. The highest BCUT2D eigenvalue weighted by Gasteiger charge is 2.50. The monoisotopic (exact) mass is 569 g/mol. The van der Waals surface area contributed by atoms with E-state index < -0.39 is 5.82 Å². The number of rotatable bonds is 13. The molecule has 10 heteroatoms. The van der Waals surface area contributed by atoms with E-state index in [0.29, 0.717) is 24.3 Å². The Morgan fingerprint density at radius 2 is 1.90 bits per heavy atom. The van der Waals surface area contributed by atoms with Crippen LogP contribution in [-0.2, 0) is 0 Å². The number of likely N-dealkylation sites (tertiary alicyclic amines) is 1. The van der Waals surface area contributed by atoms with Gasteiger partial charge in [-0.15, -0.1) is 10.2 Å².